The molecule has 0 saturated heterocycles. The molecule has 150 valence electrons. The Hall–Kier alpha value is -3.17. The zero-order valence-electron chi connectivity index (χ0n) is 14.8. The SMILES string of the molecule is Cc1cncc(C(=O)NC2CCc3[nH]c(=O)ccc3C2)c1.O=C(O)C(F)(F)F. The van der Waals surface area contributed by atoms with E-state index in [2.05, 4.69) is 15.3 Å². The highest BCUT2D eigenvalue weighted by Crippen LogP contribution is 2.18. The van der Waals surface area contributed by atoms with Crippen LogP contribution in [0.3, 0.4) is 0 Å². The quantitative estimate of drug-likeness (QED) is 0.718. The van der Waals surface area contributed by atoms with E-state index < -0.39 is 12.1 Å². The van der Waals surface area contributed by atoms with Crippen LogP contribution in [0.5, 0.6) is 0 Å². The maximum Gasteiger partial charge on any atom is 0.490 e. The van der Waals surface area contributed by atoms with Gasteiger partial charge in [-0.1, -0.05) is 6.07 Å². The van der Waals surface area contributed by atoms with Gasteiger partial charge in [0.05, 0.1) is 5.56 Å². The Balaban J connectivity index is 0.000000345. The Kier molecular flexibility index (Phi) is 6.55. The number of aromatic nitrogens is 2. The predicted octanol–water partition coefficient (Wildman–Crippen LogP) is 2.00. The fraction of sp³-hybridized carbons (Fsp3) is 0.333. The largest absolute Gasteiger partial charge is 0.490 e. The lowest BCUT2D eigenvalue weighted by atomic mass is 9.91. The summed E-state index contributed by atoms with van der Waals surface area (Å²) in [6.45, 7) is 1.91. The van der Waals surface area contributed by atoms with Crippen molar-refractivity contribution in [2.45, 2.75) is 38.4 Å². The number of carboxylic acids is 1. The molecule has 3 rings (SSSR count). The van der Waals surface area contributed by atoms with E-state index in [9.17, 15) is 22.8 Å². The Morgan fingerprint density at radius 3 is 2.57 bits per heavy atom. The minimum atomic E-state index is -5.08. The molecular weight excluding hydrogens is 379 g/mol. The number of hydrogen-bond donors (Lipinski definition) is 3. The molecule has 1 aliphatic rings. The second kappa shape index (κ2) is 8.68. The van der Waals surface area contributed by atoms with Crippen molar-refractivity contribution >= 4 is 11.9 Å². The number of alkyl halides is 3. The van der Waals surface area contributed by atoms with Crippen LogP contribution < -0.4 is 10.9 Å². The van der Waals surface area contributed by atoms with Gasteiger partial charge in [0.1, 0.15) is 0 Å². The third-order valence-electron chi connectivity index (χ3n) is 4.02. The Morgan fingerprint density at radius 2 is 1.96 bits per heavy atom. The molecule has 0 saturated carbocycles. The number of nitrogens with zero attached hydrogens (tertiary/aromatic N) is 1. The molecule has 3 N–H and O–H groups in total. The van der Waals surface area contributed by atoms with Crippen molar-refractivity contribution in [2.24, 2.45) is 0 Å². The second-order valence-corrected chi connectivity index (χ2v) is 6.29. The van der Waals surface area contributed by atoms with Crippen molar-refractivity contribution < 1.29 is 27.9 Å². The van der Waals surface area contributed by atoms with E-state index in [0.29, 0.717) is 5.56 Å². The topological polar surface area (TPSA) is 112 Å². The maximum atomic E-state index is 12.2. The number of rotatable bonds is 2. The number of carbonyl (C=O) groups excluding carboxylic acids is 1. The number of aromatic amines is 1. The smallest absolute Gasteiger partial charge is 0.475 e. The lowest BCUT2D eigenvalue weighted by Crippen LogP contribution is -2.39. The average Bonchev–Trinajstić information content (AvgIpc) is 2.61. The van der Waals surface area contributed by atoms with Gasteiger partial charge in [0, 0.05) is 30.2 Å². The van der Waals surface area contributed by atoms with E-state index >= 15 is 0 Å². The summed E-state index contributed by atoms with van der Waals surface area (Å²) in [6.07, 6.45) is 0.581. The van der Waals surface area contributed by atoms with E-state index in [1.54, 1.807) is 12.4 Å². The molecule has 0 radical (unpaired) electrons. The van der Waals surface area contributed by atoms with E-state index in [-0.39, 0.29) is 17.5 Å². The molecule has 1 amide bonds. The van der Waals surface area contributed by atoms with Crippen LogP contribution in [0.1, 0.15) is 33.6 Å². The number of aryl methyl sites for hydroxylation is 2. The Bertz CT molecular complexity index is 925. The van der Waals surface area contributed by atoms with Gasteiger partial charge < -0.3 is 15.4 Å². The van der Waals surface area contributed by atoms with Crippen LogP contribution in [-0.4, -0.2) is 39.2 Å². The van der Waals surface area contributed by atoms with Crippen molar-refractivity contribution in [3.8, 4) is 0 Å². The minimum Gasteiger partial charge on any atom is -0.475 e. The summed E-state index contributed by atoms with van der Waals surface area (Å²) < 4.78 is 31.7. The molecule has 2 aromatic rings. The molecule has 1 atom stereocenters. The molecule has 2 aromatic heterocycles. The molecule has 10 heteroatoms. The molecule has 7 nitrogen and oxygen atoms in total. The molecule has 0 fully saturated rings. The van der Waals surface area contributed by atoms with Gasteiger partial charge in [-0.15, -0.1) is 0 Å². The monoisotopic (exact) mass is 397 g/mol. The van der Waals surface area contributed by atoms with Crippen molar-refractivity contribution in [2.75, 3.05) is 0 Å². The van der Waals surface area contributed by atoms with Crippen molar-refractivity contribution in [3.05, 3.63) is 63.3 Å². The molecule has 2 heterocycles. The lowest BCUT2D eigenvalue weighted by Gasteiger charge is -2.25. The van der Waals surface area contributed by atoms with E-state index in [0.717, 1.165) is 36.1 Å². The first kappa shape index (κ1) is 21.1. The number of halogens is 3. The molecule has 0 aliphatic heterocycles. The van der Waals surface area contributed by atoms with Crippen LogP contribution in [0, 0.1) is 6.92 Å². The average molecular weight is 397 g/mol. The van der Waals surface area contributed by atoms with Crippen molar-refractivity contribution in [1.82, 2.24) is 15.3 Å². The Morgan fingerprint density at radius 1 is 1.29 bits per heavy atom. The lowest BCUT2D eigenvalue weighted by molar-refractivity contribution is -0.192. The summed E-state index contributed by atoms with van der Waals surface area (Å²) in [5.74, 6) is -2.85. The first-order valence-electron chi connectivity index (χ1n) is 8.30. The van der Waals surface area contributed by atoms with E-state index in [4.69, 9.17) is 9.90 Å². The summed E-state index contributed by atoms with van der Waals surface area (Å²) >= 11 is 0. The molecule has 28 heavy (non-hydrogen) atoms. The normalized spacial score (nSPS) is 15.6. The van der Waals surface area contributed by atoms with Crippen LogP contribution in [0.2, 0.25) is 0 Å². The van der Waals surface area contributed by atoms with Crippen LogP contribution in [0.4, 0.5) is 13.2 Å². The van der Waals surface area contributed by atoms with E-state index in [1.807, 2.05) is 19.1 Å². The van der Waals surface area contributed by atoms with Gasteiger partial charge >= 0.3 is 12.1 Å². The van der Waals surface area contributed by atoms with Gasteiger partial charge in [-0.2, -0.15) is 13.2 Å². The molecular formula is C18H18F3N3O4. The van der Waals surface area contributed by atoms with Gasteiger partial charge in [-0.3, -0.25) is 14.6 Å². The van der Waals surface area contributed by atoms with Crippen LogP contribution in [0.25, 0.3) is 0 Å². The Labute approximate surface area is 157 Å². The number of carbonyl (C=O) groups is 2. The molecule has 1 aliphatic carbocycles. The first-order valence-corrected chi connectivity index (χ1v) is 8.30. The third kappa shape index (κ3) is 5.93. The molecule has 0 aromatic carbocycles. The number of fused-ring (bicyclic) bond motifs is 1. The number of nitrogens with one attached hydrogen (secondary N) is 2. The summed E-state index contributed by atoms with van der Waals surface area (Å²) in [5, 5.41) is 10.2. The number of amides is 1. The third-order valence-corrected chi connectivity index (χ3v) is 4.02. The number of hydrogen-bond acceptors (Lipinski definition) is 4. The number of aliphatic carboxylic acids is 1. The van der Waals surface area contributed by atoms with Crippen molar-refractivity contribution in [3.63, 3.8) is 0 Å². The van der Waals surface area contributed by atoms with Gasteiger partial charge in [-0.25, -0.2) is 4.79 Å². The first-order chi connectivity index (χ1) is 13.1. The summed E-state index contributed by atoms with van der Waals surface area (Å²) in [6, 6.07) is 5.31. The highest BCUT2D eigenvalue weighted by molar-refractivity contribution is 5.94. The molecule has 1 unspecified atom stereocenters. The van der Waals surface area contributed by atoms with Crippen LogP contribution in [-0.2, 0) is 17.6 Å². The van der Waals surface area contributed by atoms with Crippen LogP contribution in [0.15, 0.2) is 35.4 Å². The van der Waals surface area contributed by atoms with Gasteiger partial charge in [0.25, 0.3) is 5.91 Å². The zero-order valence-corrected chi connectivity index (χ0v) is 14.8. The van der Waals surface area contributed by atoms with Gasteiger partial charge in [0.15, 0.2) is 0 Å². The van der Waals surface area contributed by atoms with E-state index in [1.165, 1.54) is 6.07 Å². The summed E-state index contributed by atoms with van der Waals surface area (Å²) in [7, 11) is 0. The maximum absolute atomic E-state index is 12.2. The predicted molar refractivity (Wildman–Crippen MR) is 93.0 cm³/mol. The highest BCUT2D eigenvalue weighted by Gasteiger charge is 2.38. The van der Waals surface area contributed by atoms with Crippen LogP contribution >= 0.6 is 0 Å². The number of pyridine rings is 2. The number of carboxylic acid groups (broad SMARTS) is 1. The second-order valence-electron chi connectivity index (χ2n) is 6.29. The summed E-state index contributed by atoms with van der Waals surface area (Å²) in [5.41, 5.74) is 3.58. The minimum absolute atomic E-state index is 0.0675. The standard InChI is InChI=1S/C16H17N3O2.C2HF3O2/c1-10-6-12(9-17-8-10)16(21)18-13-3-4-14-11(7-13)2-5-15(20)19-14;3-2(4,5)1(6)7/h2,5-6,8-9,13H,3-4,7H2,1H3,(H,18,21)(H,19,20);(H,6,7). The molecule has 0 bridgehead atoms. The summed E-state index contributed by atoms with van der Waals surface area (Å²) in [4.78, 5) is 39.3. The van der Waals surface area contributed by atoms with Crippen molar-refractivity contribution in [1.29, 1.82) is 0 Å². The molecule has 0 spiro atoms. The fourth-order valence-electron chi connectivity index (χ4n) is 2.72. The fourth-order valence-corrected chi connectivity index (χ4v) is 2.72. The van der Waals surface area contributed by atoms with Gasteiger partial charge in [0.2, 0.25) is 5.56 Å². The number of H-pyrrole nitrogens is 1. The highest BCUT2D eigenvalue weighted by atomic mass is 19.4. The van der Waals surface area contributed by atoms with Gasteiger partial charge in [-0.05, 0) is 43.4 Å². The zero-order chi connectivity index (χ0) is 20.9.